The number of carbonyl (C=O) groups is 1. The number of aryl methyl sites for hydroxylation is 1. The molecular formula is C22H27ClN2O2. The number of benzene rings is 2. The SMILES string of the molecule is Cl.NCCCC(=O)CCCCCn1c2ccccc2c(=O)c2ccccc21. The second kappa shape index (κ2) is 10.2. The summed E-state index contributed by atoms with van der Waals surface area (Å²) in [6.07, 6.45) is 4.94. The molecule has 0 amide bonds. The third-order valence-electron chi connectivity index (χ3n) is 4.88. The molecule has 0 aliphatic heterocycles. The zero-order valence-corrected chi connectivity index (χ0v) is 16.3. The lowest BCUT2D eigenvalue weighted by molar-refractivity contribution is -0.119. The zero-order chi connectivity index (χ0) is 18.4. The van der Waals surface area contributed by atoms with Crippen LogP contribution in [-0.2, 0) is 11.3 Å². The molecule has 27 heavy (non-hydrogen) atoms. The number of pyridine rings is 1. The van der Waals surface area contributed by atoms with Crippen molar-refractivity contribution in [3.63, 3.8) is 0 Å². The first-order chi connectivity index (χ1) is 12.7. The van der Waals surface area contributed by atoms with Gasteiger partial charge in [0.2, 0.25) is 0 Å². The van der Waals surface area contributed by atoms with Gasteiger partial charge < -0.3 is 10.3 Å². The topological polar surface area (TPSA) is 65.1 Å². The molecule has 0 aliphatic rings. The summed E-state index contributed by atoms with van der Waals surface area (Å²) in [7, 11) is 0. The number of ketones is 1. The molecule has 1 heterocycles. The summed E-state index contributed by atoms with van der Waals surface area (Å²) in [5.41, 5.74) is 7.50. The molecule has 0 bridgehead atoms. The van der Waals surface area contributed by atoms with E-state index in [9.17, 15) is 9.59 Å². The van der Waals surface area contributed by atoms with Crippen molar-refractivity contribution in [3.05, 3.63) is 58.8 Å². The van der Waals surface area contributed by atoms with E-state index in [4.69, 9.17) is 5.73 Å². The van der Waals surface area contributed by atoms with Crippen LogP contribution in [0.15, 0.2) is 53.3 Å². The number of Topliss-reactive ketones (excluding diaryl/α,β-unsaturated/α-hetero) is 1. The highest BCUT2D eigenvalue weighted by Gasteiger charge is 2.09. The molecule has 0 fully saturated rings. The van der Waals surface area contributed by atoms with Crippen molar-refractivity contribution in [1.82, 2.24) is 4.57 Å². The Morgan fingerprint density at radius 3 is 1.96 bits per heavy atom. The maximum absolute atomic E-state index is 12.7. The van der Waals surface area contributed by atoms with Crippen LogP contribution in [-0.4, -0.2) is 16.9 Å². The van der Waals surface area contributed by atoms with Gasteiger partial charge in [-0.3, -0.25) is 9.59 Å². The molecule has 3 aromatic rings. The lowest BCUT2D eigenvalue weighted by Crippen LogP contribution is -2.11. The number of nitrogens with zero attached hydrogens (tertiary/aromatic N) is 1. The third-order valence-corrected chi connectivity index (χ3v) is 4.88. The lowest BCUT2D eigenvalue weighted by atomic mass is 10.1. The highest BCUT2D eigenvalue weighted by atomic mass is 35.5. The molecule has 0 radical (unpaired) electrons. The van der Waals surface area contributed by atoms with Crippen LogP contribution in [0.3, 0.4) is 0 Å². The highest BCUT2D eigenvalue weighted by Crippen LogP contribution is 2.20. The molecule has 0 atom stereocenters. The molecule has 0 spiro atoms. The van der Waals surface area contributed by atoms with Gasteiger partial charge in [0.05, 0.1) is 11.0 Å². The van der Waals surface area contributed by atoms with Crippen molar-refractivity contribution >= 4 is 40.0 Å². The monoisotopic (exact) mass is 386 g/mol. The minimum atomic E-state index is 0. The molecule has 4 nitrogen and oxygen atoms in total. The summed E-state index contributed by atoms with van der Waals surface area (Å²) < 4.78 is 2.24. The summed E-state index contributed by atoms with van der Waals surface area (Å²) in [5.74, 6) is 0.315. The van der Waals surface area contributed by atoms with E-state index >= 15 is 0 Å². The van der Waals surface area contributed by atoms with Crippen molar-refractivity contribution in [2.75, 3.05) is 6.54 Å². The molecule has 2 aromatic carbocycles. The maximum Gasteiger partial charge on any atom is 0.197 e. The average Bonchev–Trinajstić information content (AvgIpc) is 2.68. The van der Waals surface area contributed by atoms with E-state index in [0.717, 1.165) is 54.0 Å². The van der Waals surface area contributed by atoms with Crippen LogP contribution in [0.4, 0.5) is 0 Å². The molecule has 3 rings (SSSR count). The number of hydrogen-bond acceptors (Lipinski definition) is 3. The first-order valence-electron chi connectivity index (χ1n) is 9.44. The van der Waals surface area contributed by atoms with Gasteiger partial charge >= 0.3 is 0 Å². The van der Waals surface area contributed by atoms with Gasteiger partial charge in [0.25, 0.3) is 0 Å². The lowest BCUT2D eigenvalue weighted by Gasteiger charge is -2.15. The minimum absolute atomic E-state index is 0. The molecule has 0 saturated carbocycles. The van der Waals surface area contributed by atoms with Crippen LogP contribution in [0, 0.1) is 0 Å². The summed E-state index contributed by atoms with van der Waals surface area (Å²) >= 11 is 0. The normalized spacial score (nSPS) is 10.9. The number of halogens is 1. The van der Waals surface area contributed by atoms with E-state index in [1.54, 1.807) is 0 Å². The van der Waals surface area contributed by atoms with E-state index in [1.165, 1.54) is 0 Å². The molecule has 5 heteroatoms. The second-order valence-corrected chi connectivity index (χ2v) is 6.76. The molecule has 0 saturated heterocycles. The number of rotatable bonds is 9. The smallest absolute Gasteiger partial charge is 0.197 e. The van der Waals surface area contributed by atoms with Crippen molar-refractivity contribution < 1.29 is 4.79 Å². The summed E-state index contributed by atoms with van der Waals surface area (Å²) in [4.78, 5) is 24.4. The summed E-state index contributed by atoms with van der Waals surface area (Å²) in [5, 5.41) is 1.53. The van der Waals surface area contributed by atoms with Gasteiger partial charge in [-0.05, 0) is 50.1 Å². The molecular weight excluding hydrogens is 360 g/mol. The number of nitrogens with two attached hydrogens (primary N) is 1. The van der Waals surface area contributed by atoms with Gasteiger partial charge in [-0.25, -0.2) is 0 Å². The van der Waals surface area contributed by atoms with Crippen molar-refractivity contribution in [1.29, 1.82) is 0 Å². The van der Waals surface area contributed by atoms with Gasteiger partial charge in [-0.15, -0.1) is 12.4 Å². The molecule has 0 unspecified atom stereocenters. The number of fused-ring (bicyclic) bond motifs is 2. The molecule has 1 aromatic heterocycles. The summed E-state index contributed by atoms with van der Waals surface area (Å²) in [6.45, 7) is 1.43. The van der Waals surface area contributed by atoms with Gasteiger partial charge in [-0.1, -0.05) is 30.7 Å². The van der Waals surface area contributed by atoms with Crippen molar-refractivity contribution in [3.8, 4) is 0 Å². The van der Waals surface area contributed by atoms with E-state index in [0.29, 0.717) is 25.2 Å². The fourth-order valence-corrected chi connectivity index (χ4v) is 3.51. The van der Waals surface area contributed by atoms with E-state index in [1.807, 2.05) is 48.5 Å². The Morgan fingerprint density at radius 1 is 0.815 bits per heavy atom. The van der Waals surface area contributed by atoms with Crippen LogP contribution in [0.5, 0.6) is 0 Å². The van der Waals surface area contributed by atoms with Gasteiger partial charge in [0, 0.05) is 30.2 Å². The van der Waals surface area contributed by atoms with Crippen LogP contribution >= 0.6 is 12.4 Å². The van der Waals surface area contributed by atoms with Crippen LogP contribution in [0.25, 0.3) is 21.8 Å². The first kappa shape index (κ1) is 21.1. The number of para-hydroxylation sites is 2. The Balaban J connectivity index is 0.00000261. The Morgan fingerprint density at radius 2 is 1.37 bits per heavy atom. The number of carbonyl (C=O) groups excluding carboxylic acids is 1. The second-order valence-electron chi connectivity index (χ2n) is 6.76. The van der Waals surface area contributed by atoms with E-state index in [2.05, 4.69) is 4.57 Å². The van der Waals surface area contributed by atoms with Crippen LogP contribution in [0.1, 0.15) is 38.5 Å². The Labute approximate surface area is 165 Å². The van der Waals surface area contributed by atoms with E-state index < -0.39 is 0 Å². The zero-order valence-electron chi connectivity index (χ0n) is 15.5. The predicted octanol–water partition coefficient (Wildman–Crippen LogP) is 4.44. The van der Waals surface area contributed by atoms with Crippen LogP contribution in [0.2, 0.25) is 0 Å². The maximum atomic E-state index is 12.7. The summed E-state index contributed by atoms with van der Waals surface area (Å²) in [6, 6.07) is 15.6. The fraction of sp³-hybridized carbons (Fsp3) is 0.364. The third kappa shape index (κ3) is 4.96. The van der Waals surface area contributed by atoms with Crippen molar-refractivity contribution in [2.24, 2.45) is 5.73 Å². The standard InChI is InChI=1S/C22H26N2O2.ClH/c23-15-8-10-17(25)9-2-1-7-16-24-20-13-5-3-11-18(20)22(26)19-12-4-6-14-21(19)24;/h3-6,11-14H,1-2,7-10,15-16,23H2;1H. The molecule has 2 N–H and O–H groups in total. The van der Waals surface area contributed by atoms with Crippen LogP contribution < -0.4 is 11.2 Å². The van der Waals surface area contributed by atoms with E-state index in [-0.39, 0.29) is 17.8 Å². The van der Waals surface area contributed by atoms with Crippen molar-refractivity contribution in [2.45, 2.75) is 45.1 Å². The molecule has 144 valence electrons. The largest absolute Gasteiger partial charge is 0.340 e. The number of aromatic nitrogens is 1. The average molecular weight is 387 g/mol. The quantitative estimate of drug-likeness (QED) is 0.436. The minimum Gasteiger partial charge on any atom is -0.340 e. The molecule has 0 aliphatic carbocycles. The first-order valence-corrected chi connectivity index (χ1v) is 9.44. The number of unbranched alkanes of at least 4 members (excludes halogenated alkanes) is 2. The fourth-order valence-electron chi connectivity index (χ4n) is 3.51. The van der Waals surface area contributed by atoms with Gasteiger partial charge in [0.15, 0.2) is 5.43 Å². The highest BCUT2D eigenvalue weighted by molar-refractivity contribution is 5.93. The Hall–Kier alpha value is -2.17. The Bertz CT molecular complexity index is 905. The van der Waals surface area contributed by atoms with Gasteiger partial charge in [0.1, 0.15) is 5.78 Å². The Kier molecular flexibility index (Phi) is 8.01. The van der Waals surface area contributed by atoms with Gasteiger partial charge in [-0.2, -0.15) is 0 Å². The number of hydrogen-bond donors (Lipinski definition) is 1. The predicted molar refractivity (Wildman–Crippen MR) is 115 cm³/mol.